The highest BCUT2D eigenvalue weighted by molar-refractivity contribution is 5.93. The normalized spacial score (nSPS) is 13.5. The van der Waals surface area contributed by atoms with Crippen LogP contribution in [0, 0.1) is 13.8 Å². The molecule has 0 fully saturated rings. The third-order valence-electron chi connectivity index (χ3n) is 2.89. The molecule has 1 rings (SSSR count). The van der Waals surface area contributed by atoms with Gasteiger partial charge in [-0.2, -0.15) is 0 Å². The molecule has 0 aliphatic carbocycles. The lowest BCUT2D eigenvalue weighted by molar-refractivity contribution is -0.141. The molecule has 1 aromatic carbocycles. The number of amides is 2. The van der Waals surface area contributed by atoms with Crippen molar-refractivity contribution in [2.45, 2.75) is 32.9 Å². The van der Waals surface area contributed by atoms with E-state index < -0.39 is 24.1 Å². The van der Waals surface area contributed by atoms with E-state index in [4.69, 9.17) is 5.11 Å². The first-order valence-electron chi connectivity index (χ1n) is 5.87. The van der Waals surface area contributed by atoms with E-state index in [2.05, 4.69) is 10.6 Å². The summed E-state index contributed by atoms with van der Waals surface area (Å²) in [5.41, 5.74) is 2.52. The predicted molar refractivity (Wildman–Crippen MR) is 71.2 cm³/mol. The zero-order chi connectivity index (χ0) is 14.6. The van der Waals surface area contributed by atoms with E-state index in [9.17, 15) is 14.7 Å². The summed E-state index contributed by atoms with van der Waals surface area (Å²) >= 11 is 0. The maximum atomic E-state index is 11.7. The smallest absolute Gasteiger partial charge is 0.328 e. The first kappa shape index (κ1) is 15.0. The Morgan fingerprint density at radius 1 is 1.26 bits per heavy atom. The average Bonchev–Trinajstić information content (AvgIpc) is 2.31. The van der Waals surface area contributed by atoms with Gasteiger partial charge < -0.3 is 20.8 Å². The molecular weight excluding hydrogens is 248 g/mol. The second-order valence-corrected chi connectivity index (χ2v) is 4.40. The van der Waals surface area contributed by atoms with Crippen molar-refractivity contribution in [2.75, 3.05) is 5.32 Å². The molecule has 4 N–H and O–H groups in total. The van der Waals surface area contributed by atoms with Crippen molar-refractivity contribution in [3.63, 3.8) is 0 Å². The third-order valence-corrected chi connectivity index (χ3v) is 2.89. The number of aryl methyl sites for hydroxylation is 1. The van der Waals surface area contributed by atoms with Gasteiger partial charge in [0.2, 0.25) is 0 Å². The second-order valence-electron chi connectivity index (χ2n) is 4.40. The largest absolute Gasteiger partial charge is 0.480 e. The van der Waals surface area contributed by atoms with Crippen LogP contribution in [-0.2, 0) is 4.79 Å². The first-order valence-corrected chi connectivity index (χ1v) is 5.87. The summed E-state index contributed by atoms with van der Waals surface area (Å²) in [4.78, 5) is 22.5. The highest BCUT2D eigenvalue weighted by Crippen LogP contribution is 2.17. The number of aliphatic hydroxyl groups excluding tert-OH is 1. The molecule has 0 spiro atoms. The average molecular weight is 266 g/mol. The highest BCUT2D eigenvalue weighted by Gasteiger charge is 2.25. The standard InChI is InChI=1S/C13H18N2O4/c1-7-5-4-6-10(8(7)2)14-13(19)15-11(9(3)16)12(17)18/h4-6,9,11,16H,1-3H3,(H,17,18)(H2,14,15,19). The van der Waals surface area contributed by atoms with E-state index in [0.29, 0.717) is 5.69 Å². The Morgan fingerprint density at radius 3 is 2.42 bits per heavy atom. The summed E-state index contributed by atoms with van der Waals surface area (Å²) in [6, 6.07) is 3.42. The van der Waals surface area contributed by atoms with Crippen molar-refractivity contribution in [3.8, 4) is 0 Å². The van der Waals surface area contributed by atoms with E-state index in [0.717, 1.165) is 11.1 Å². The van der Waals surface area contributed by atoms with E-state index in [-0.39, 0.29) is 0 Å². The number of benzene rings is 1. The quantitative estimate of drug-likeness (QED) is 0.659. The zero-order valence-electron chi connectivity index (χ0n) is 11.1. The Balaban J connectivity index is 2.75. The molecule has 1 aromatic rings. The van der Waals surface area contributed by atoms with Gasteiger partial charge in [-0.3, -0.25) is 0 Å². The number of anilines is 1. The molecule has 0 aliphatic rings. The number of aliphatic hydroxyl groups is 1. The molecular formula is C13H18N2O4. The van der Waals surface area contributed by atoms with E-state index >= 15 is 0 Å². The van der Waals surface area contributed by atoms with Crippen molar-refractivity contribution in [3.05, 3.63) is 29.3 Å². The number of carbonyl (C=O) groups is 2. The fourth-order valence-corrected chi connectivity index (χ4v) is 1.57. The van der Waals surface area contributed by atoms with Crippen LogP contribution in [0.4, 0.5) is 10.5 Å². The Hall–Kier alpha value is -2.08. The molecule has 0 saturated carbocycles. The fraction of sp³-hybridized carbons (Fsp3) is 0.385. The van der Waals surface area contributed by atoms with Crippen molar-refractivity contribution in [1.29, 1.82) is 0 Å². The molecule has 0 aromatic heterocycles. The van der Waals surface area contributed by atoms with Gasteiger partial charge in [0.15, 0.2) is 6.04 Å². The molecule has 0 saturated heterocycles. The number of carboxylic acids is 1. The van der Waals surface area contributed by atoms with Crippen LogP contribution in [-0.4, -0.2) is 34.4 Å². The molecule has 104 valence electrons. The number of urea groups is 1. The zero-order valence-corrected chi connectivity index (χ0v) is 11.1. The van der Waals surface area contributed by atoms with Gasteiger partial charge in [0, 0.05) is 5.69 Å². The van der Waals surface area contributed by atoms with Crippen LogP contribution in [0.2, 0.25) is 0 Å². The summed E-state index contributed by atoms with van der Waals surface area (Å²) in [6.45, 7) is 5.07. The molecule has 6 heteroatoms. The number of aliphatic carboxylic acids is 1. The Kier molecular flexibility index (Phi) is 4.88. The van der Waals surface area contributed by atoms with Crippen molar-refractivity contribution in [1.82, 2.24) is 5.32 Å². The van der Waals surface area contributed by atoms with Crippen LogP contribution >= 0.6 is 0 Å². The van der Waals surface area contributed by atoms with Gasteiger partial charge in [-0.25, -0.2) is 9.59 Å². The van der Waals surface area contributed by atoms with E-state index in [1.807, 2.05) is 19.9 Å². The topological polar surface area (TPSA) is 98.7 Å². The van der Waals surface area contributed by atoms with Crippen molar-refractivity contribution >= 4 is 17.7 Å². The third kappa shape index (κ3) is 3.96. The van der Waals surface area contributed by atoms with Crippen LogP contribution in [0.25, 0.3) is 0 Å². The van der Waals surface area contributed by atoms with Crippen LogP contribution in [0.5, 0.6) is 0 Å². The summed E-state index contributed by atoms with van der Waals surface area (Å²) in [5, 5.41) is 22.9. The van der Waals surface area contributed by atoms with Gasteiger partial charge in [0.25, 0.3) is 0 Å². The van der Waals surface area contributed by atoms with Gasteiger partial charge in [-0.15, -0.1) is 0 Å². The van der Waals surface area contributed by atoms with Crippen LogP contribution in [0.15, 0.2) is 18.2 Å². The van der Waals surface area contributed by atoms with E-state index in [1.54, 1.807) is 12.1 Å². The van der Waals surface area contributed by atoms with Crippen molar-refractivity contribution < 1.29 is 19.8 Å². The summed E-state index contributed by atoms with van der Waals surface area (Å²) in [5.74, 6) is -1.29. The van der Waals surface area contributed by atoms with Crippen LogP contribution < -0.4 is 10.6 Å². The monoisotopic (exact) mass is 266 g/mol. The molecule has 2 unspecified atom stereocenters. The number of carboxylic acid groups (broad SMARTS) is 1. The van der Waals surface area contributed by atoms with E-state index in [1.165, 1.54) is 6.92 Å². The molecule has 2 atom stereocenters. The molecule has 0 aliphatic heterocycles. The number of nitrogens with one attached hydrogen (secondary N) is 2. The molecule has 6 nitrogen and oxygen atoms in total. The van der Waals surface area contributed by atoms with Gasteiger partial charge in [-0.1, -0.05) is 12.1 Å². The minimum absolute atomic E-state index is 0.604. The van der Waals surface area contributed by atoms with Crippen LogP contribution in [0.3, 0.4) is 0 Å². The molecule has 0 heterocycles. The maximum absolute atomic E-state index is 11.7. The van der Waals surface area contributed by atoms with Gasteiger partial charge >= 0.3 is 12.0 Å². The van der Waals surface area contributed by atoms with Crippen molar-refractivity contribution in [2.24, 2.45) is 0 Å². The lowest BCUT2D eigenvalue weighted by Gasteiger charge is -2.18. The van der Waals surface area contributed by atoms with Crippen LogP contribution in [0.1, 0.15) is 18.1 Å². The minimum atomic E-state index is -1.34. The van der Waals surface area contributed by atoms with Gasteiger partial charge in [0.1, 0.15) is 0 Å². The molecule has 2 amide bonds. The minimum Gasteiger partial charge on any atom is -0.480 e. The summed E-state index contributed by atoms with van der Waals surface area (Å²) in [7, 11) is 0. The Bertz CT molecular complexity index is 486. The van der Waals surface area contributed by atoms with Gasteiger partial charge in [0.05, 0.1) is 6.10 Å². The number of hydrogen-bond acceptors (Lipinski definition) is 3. The SMILES string of the molecule is Cc1cccc(NC(=O)NC(C(=O)O)C(C)O)c1C. The highest BCUT2D eigenvalue weighted by atomic mass is 16.4. The number of carbonyl (C=O) groups excluding carboxylic acids is 1. The predicted octanol–water partition coefficient (Wildman–Crippen LogP) is 1.26. The molecule has 19 heavy (non-hydrogen) atoms. The summed E-state index contributed by atoms with van der Waals surface area (Å²) in [6.07, 6.45) is -1.18. The number of rotatable bonds is 4. The number of hydrogen-bond donors (Lipinski definition) is 4. The lowest BCUT2D eigenvalue weighted by atomic mass is 10.1. The maximum Gasteiger partial charge on any atom is 0.328 e. The summed E-state index contributed by atoms with van der Waals surface area (Å²) < 4.78 is 0. The Labute approximate surface area is 111 Å². The molecule has 0 bridgehead atoms. The Morgan fingerprint density at radius 2 is 1.89 bits per heavy atom. The molecule has 0 radical (unpaired) electrons. The fourth-order valence-electron chi connectivity index (χ4n) is 1.57. The first-order chi connectivity index (χ1) is 8.82. The van der Waals surface area contributed by atoms with Gasteiger partial charge in [-0.05, 0) is 38.0 Å². The lowest BCUT2D eigenvalue weighted by Crippen LogP contribution is -2.49. The second kappa shape index (κ2) is 6.19.